The van der Waals surface area contributed by atoms with Gasteiger partial charge in [-0.3, -0.25) is 0 Å². The quantitative estimate of drug-likeness (QED) is 0.912. The van der Waals surface area contributed by atoms with E-state index in [1.165, 1.54) is 17.0 Å². The summed E-state index contributed by atoms with van der Waals surface area (Å²) in [5, 5.41) is 9.17. The molecule has 0 aromatic heterocycles. The molecule has 2 amide bonds. The number of amides is 2. The zero-order chi connectivity index (χ0) is 18.0. The summed E-state index contributed by atoms with van der Waals surface area (Å²) >= 11 is 0. The van der Waals surface area contributed by atoms with Crippen LogP contribution in [0.15, 0.2) is 48.5 Å². The van der Waals surface area contributed by atoms with Crippen molar-refractivity contribution in [3.8, 4) is 5.75 Å². The van der Waals surface area contributed by atoms with E-state index in [4.69, 9.17) is 4.74 Å². The van der Waals surface area contributed by atoms with Crippen LogP contribution < -0.4 is 4.74 Å². The average Bonchev–Trinajstić information content (AvgIpc) is 2.80. The second kappa shape index (κ2) is 6.84. The number of aromatic carboxylic acids is 1. The zero-order valence-electron chi connectivity index (χ0n) is 14.2. The Morgan fingerprint density at radius 2 is 1.88 bits per heavy atom. The Hall–Kier alpha value is -3.02. The summed E-state index contributed by atoms with van der Waals surface area (Å²) in [5.41, 5.74) is 1.94. The summed E-state index contributed by atoms with van der Waals surface area (Å²) < 4.78 is 5.89. The van der Waals surface area contributed by atoms with Crippen LogP contribution in [-0.2, 0) is 6.54 Å². The second-order valence-electron chi connectivity index (χ2n) is 6.17. The lowest BCUT2D eigenvalue weighted by atomic mass is 10.1. The fourth-order valence-corrected chi connectivity index (χ4v) is 2.91. The summed E-state index contributed by atoms with van der Waals surface area (Å²) in [7, 11) is 3.43. The number of hydrogen-bond donors (Lipinski definition) is 1. The number of nitrogens with zero attached hydrogens (tertiary/aromatic N) is 2. The molecule has 0 saturated carbocycles. The molecular formula is C19H20N2O4. The van der Waals surface area contributed by atoms with E-state index in [1.54, 1.807) is 25.1 Å². The van der Waals surface area contributed by atoms with Crippen molar-refractivity contribution in [1.29, 1.82) is 0 Å². The molecule has 3 rings (SSSR count). The predicted octanol–water partition coefficient (Wildman–Crippen LogP) is 3.00. The molecule has 2 aromatic carbocycles. The van der Waals surface area contributed by atoms with Gasteiger partial charge in [-0.1, -0.05) is 36.4 Å². The maximum atomic E-state index is 12.7. The first kappa shape index (κ1) is 16.8. The van der Waals surface area contributed by atoms with Gasteiger partial charge < -0.3 is 19.6 Å². The molecule has 6 heteroatoms. The van der Waals surface area contributed by atoms with Crippen LogP contribution >= 0.6 is 0 Å². The van der Waals surface area contributed by atoms with Gasteiger partial charge in [-0.15, -0.1) is 0 Å². The van der Waals surface area contributed by atoms with Crippen LogP contribution in [0.4, 0.5) is 4.79 Å². The number of rotatable bonds is 2. The highest BCUT2D eigenvalue weighted by Crippen LogP contribution is 2.32. The fourth-order valence-electron chi connectivity index (χ4n) is 2.91. The third-order valence-corrected chi connectivity index (χ3v) is 4.24. The first-order chi connectivity index (χ1) is 12.0. The molecule has 130 valence electrons. The van der Waals surface area contributed by atoms with Crippen LogP contribution in [0.5, 0.6) is 5.75 Å². The minimum atomic E-state index is -1.00. The Kier molecular flexibility index (Phi) is 4.61. The molecule has 25 heavy (non-hydrogen) atoms. The minimum Gasteiger partial charge on any atom is -0.491 e. The van der Waals surface area contributed by atoms with Gasteiger partial charge in [0.2, 0.25) is 0 Å². The minimum absolute atomic E-state index is 0.118. The molecule has 6 nitrogen and oxygen atoms in total. The molecule has 0 radical (unpaired) electrons. The van der Waals surface area contributed by atoms with E-state index in [1.807, 2.05) is 30.3 Å². The Labute approximate surface area is 146 Å². The normalized spacial score (nSPS) is 16.4. The molecule has 2 aromatic rings. The van der Waals surface area contributed by atoms with Gasteiger partial charge in [0, 0.05) is 19.7 Å². The summed E-state index contributed by atoms with van der Waals surface area (Å²) in [4.78, 5) is 27.2. The van der Waals surface area contributed by atoms with Crippen molar-refractivity contribution in [1.82, 2.24) is 9.80 Å². The van der Waals surface area contributed by atoms with Crippen molar-refractivity contribution in [3.63, 3.8) is 0 Å². The number of carbonyl (C=O) groups excluding carboxylic acids is 1. The number of carbonyl (C=O) groups is 2. The van der Waals surface area contributed by atoms with Gasteiger partial charge in [0.05, 0.1) is 18.2 Å². The smallest absolute Gasteiger partial charge is 0.335 e. The van der Waals surface area contributed by atoms with Crippen molar-refractivity contribution < 1.29 is 19.4 Å². The molecule has 1 aliphatic rings. The third-order valence-electron chi connectivity index (χ3n) is 4.24. The van der Waals surface area contributed by atoms with Gasteiger partial charge in [0.15, 0.2) is 0 Å². The second-order valence-corrected chi connectivity index (χ2v) is 6.17. The molecule has 0 saturated heterocycles. The molecule has 0 aliphatic carbocycles. The van der Waals surface area contributed by atoms with Crippen molar-refractivity contribution >= 4 is 12.0 Å². The topological polar surface area (TPSA) is 70.1 Å². The third kappa shape index (κ3) is 3.42. The molecule has 0 bridgehead atoms. The lowest BCUT2D eigenvalue weighted by molar-refractivity contribution is 0.0696. The number of fused-ring (bicyclic) bond motifs is 1. The maximum Gasteiger partial charge on any atom is 0.335 e. The molecule has 0 spiro atoms. The summed E-state index contributed by atoms with van der Waals surface area (Å²) in [6, 6.07) is 14.1. The molecule has 1 heterocycles. The zero-order valence-corrected chi connectivity index (χ0v) is 14.2. The lowest BCUT2D eigenvalue weighted by Gasteiger charge is -2.31. The molecular weight excluding hydrogens is 320 g/mol. The van der Waals surface area contributed by atoms with E-state index in [9.17, 15) is 14.7 Å². The van der Waals surface area contributed by atoms with Crippen LogP contribution in [0.1, 0.15) is 27.5 Å². The molecule has 1 N–H and O–H groups in total. The van der Waals surface area contributed by atoms with Gasteiger partial charge in [0.25, 0.3) is 0 Å². The van der Waals surface area contributed by atoms with Gasteiger partial charge in [-0.25, -0.2) is 9.59 Å². The number of hydrogen-bond acceptors (Lipinski definition) is 3. The van der Waals surface area contributed by atoms with Gasteiger partial charge in [0.1, 0.15) is 12.4 Å². The van der Waals surface area contributed by atoms with Gasteiger partial charge in [-0.05, 0) is 17.7 Å². The van der Waals surface area contributed by atoms with E-state index < -0.39 is 5.97 Å². The predicted molar refractivity (Wildman–Crippen MR) is 92.7 cm³/mol. The maximum absolute atomic E-state index is 12.7. The van der Waals surface area contributed by atoms with Crippen molar-refractivity contribution in [2.24, 2.45) is 0 Å². The largest absolute Gasteiger partial charge is 0.491 e. The molecule has 1 aliphatic heterocycles. The summed E-state index contributed by atoms with van der Waals surface area (Å²) in [5.74, 6) is -0.494. The highest BCUT2D eigenvalue weighted by molar-refractivity contribution is 5.88. The monoisotopic (exact) mass is 340 g/mol. The average molecular weight is 340 g/mol. The Balaban J connectivity index is 2.01. The Morgan fingerprint density at radius 1 is 1.16 bits per heavy atom. The molecule has 1 atom stereocenters. The lowest BCUT2D eigenvalue weighted by Crippen LogP contribution is -2.42. The number of carboxylic acids is 1. The summed E-state index contributed by atoms with van der Waals surface area (Å²) in [6.45, 7) is 0.617. The van der Waals surface area contributed by atoms with E-state index >= 15 is 0 Å². The highest BCUT2D eigenvalue weighted by atomic mass is 16.5. The van der Waals surface area contributed by atoms with Gasteiger partial charge >= 0.3 is 12.0 Å². The van der Waals surface area contributed by atoms with Gasteiger partial charge in [-0.2, -0.15) is 0 Å². The van der Waals surface area contributed by atoms with Crippen molar-refractivity contribution in [2.75, 3.05) is 20.7 Å². The van der Waals surface area contributed by atoms with Crippen LogP contribution in [0.3, 0.4) is 0 Å². The number of ether oxygens (including phenoxy) is 1. The van der Waals surface area contributed by atoms with Crippen LogP contribution in [0.2, 0.25) is 0 Å². The Bertz CT molecular complexity index is 789. The molecule has 0 fully saturated rings. The summed E-state index contributed by atoms with van der Waals surface area (Å²) in [6.07, 6.45) is 0. The fraction of sp³-hybridized carbons (Fsp3) is 0.263. The number of urea groups is 1. The van der Waals surface area contributed by atoms with E-state index in [-0.39, 0.29) is 24.2 Å². The van der Waals surface area contributed by atoms with Crippen LogP contribution in [0, 0.1) is 0 Å². The highest BCUT2D eigenvalue weighted by Gasteiger charge is 2.31. The number of benzene rings is 2. The van der Waals surface area contributed by atoms with E-state index in [0.29, 0.717) is 12.3 Å². The van der Waals surface area contributed by atoms with Crippen molar-refractivity contribution in [2.45, 2.75) is 12.6 Å². The van der Waals surface area contributed by atoms with E-state index in [2.05, 4.69) is 0 Å². The van der Waals surface area contributed by atoms with Crippen LogP contribution in [-0.4, -0.2) is 47.6 Å². The first-order valence-corrected chi connectivity index (χ1v) is 7.99. The molecule has 1 unspecified atom stereocenters. The SMILES string of the molecule is CN(C)C(=O)N1Cc2ccc(C(=O)O)cc2OCC1c1ccccc1. The first-order valence-electron chi connectivity index (χ1n) is 7.99. The van der Waals surface area contributed by atoms with E-state index in [0.717, 1.165) is 11.1 Å². The van der Waals surface area contributed by atoms with Crippen molar-refractivity contribution in [3.05, 3.63) is 65.2 Å². The van der Waals surface area contributed by atoms with Crippen LogP contribution in [0.25, 0.3) is 0 Å². The number of carboxylic acid groups (broad SMARTS) is 1. The standard InChI is InChI=1S/C19H20N2O4/c1-20(2)19(24)21-11-15-9-8-14(18(22)23)10-17(15)25-12-16(21)13-6-4-3-5-7-13/h3-10,16H,11-12H2,1-2H3,(H,22,23). The Morgan fingerprint density at radius 3 is 2.52 bits per heavy atom.